The number of hydrogen-bond donors (Lipinski definition) is 3. The summed E-state index contributed by atoms with van der Waals surface area (Å²) >= 11 is 0. The van der Waals surface area contributed by atoms with Gasteiger partial charge in [-0.1, -0.05) is 13.2 Å². The normalized spacial score (nSPS) is 9.08. The lowest BCUT2D eigenvalue weighted by molar-refractivity contribution is 0.514. The van der Waals surface area contributed by atoms with Gasteiger partial charge in [0.1, 0.15) is 5.76 Å². The van der Waals surface area contributed by atoms with Crippen LogP contribution >= 0.6 is 0 Å². The van der Waals surface area contributed by atoms with Crippen molar-refractivity contribution in [2.45, 2.75) is 0 Å². The third-order valence-electron chi connectivity index (χ3n) is 3.12. The van der Waals surface area contributed by atoms with E-state index in [-0.39, 0.29) is 5.76 Å². The fourth-order valence-electron chi connectivity index (χ4n) is 1.95. The summed E-state index contributed by atoms with van der Waals surface area (Å²) in [6.07, 6.45) is 9.58. The molecule has 24 heavy (non-hydrogen) atoms. The number of hydrazone groups is 1. The van der Waals surface area contributed by atoms with Gasteiger partial charge in [-0.3, -0.25) is 0 Å². The molecule has 0 aromatic heterocycles. The molecule has 0 unspecified atom stereocenters. The minimum absolute atomic E-state index is 0.0101. The molecule has 0 amide bonds. The number of terminal acetylenes is 1. The summed E-state index contributed by atoms with van der Waals surface area (Å²) in [5.41, 5.74) is 9.57. The van der Waals surface area contributed by atoms with E-state index in [0.29, 0.717) is 11.3 Å². The Kier molecular flexibility index (Phi) is 6.68. The first-order chi connectivity index (χ1) is 11.5. The zero-order chi connectivity index (χ0) is 18.1. The molecule has 2 rings (SSSR count). The maximum absolute atomic E-state index is 9.36. The summed E-state index contributed by atoms with van der Waals surface area (Å²) in [6.45, 7) is 10.6. The summed E-state index contributed by atoms with van der Waals surface area (Å²) in [5.74, 6) is -0.0101. The highest BCUT2D eigenvalue weighted by molar-refractivity contribution is 5.76. The maximum Gasteiger partial charge on any atom is 0.115 e. The van der Waals surface area contributed by atoms with Gasteiger partial charge in [0.05, 0.1) is 17.1 Å². The Morgan fingerprint density at radius 2 is 1.83 bits per heavy atom. The zero-order valence-electron chi connectivity index (χ0n) is 13.3. The van der Waals surface area contributed by atoms with Gasteiger partial charge in [0.15, 0.2) is 0 Å². The van der Waals surface area contributed by atoms with Gasteiger partial charge in [-0.15, -0.1) is 12.8 Å². The van der Waals surface area contributed by atoms with E-state index in [9.17, 15) is 5.11 Å². The van der Waals surface area contributed by atoms with Crippen LogP contribution in [0.1, 0.15) is 5.56 Å². The lowest BCUT2D eigenvalue weighted by Gasteiger charge is -2.14. The van der Waals surface area contributed by atoms with Crippen molar-refractivity contribution in [3.05, 3.63) is 67.4 Å². The van der Waals surface area contributed by atoms with Gasteiger partial charge in [-0.2, -0.15) is 5.10 Å². The van der Waals surface area contributed by atoms with E-state index in [2.05, 4.69) is 43.1 Å². The van der Waals surface area contributed by atoms with Gasteiger partial charge in [0, 0.05) is 24.2 Å². The Morgan fingerprint density at radius 1 is 1.21 bits per heavy atom. The van der Waals surface area contributed by atoms with Crippen LogP contribution in [0.3, 0.4) is 0 Å². The molecule has 5 heteroatoms. The summed E-state index contributed by atoms with van der Waals surface area (Å²) < 4.78 is 0. The molecule has 0 aliphatic rings. The van der Waals surface area contributed by atoms with Gasteiger partial charge in [0.25, 0.3) is 0 Å². The highest BCUT2D eigenvalue weighted by atomic mass is 16.3. The van der Waals surface area contributed by atoms with E-state index in [4.69, 9.17) is 5.73 Å². The fourth-order valence-corrected chi connectivity index (χ4v) is 1.95. The molecular formula is C19H20N4O. The van der Waals surface area contributed by atoms with Crippen LogP contribution in [0.25, 0.3) is 5.76 Å². The summed E-state index contributed by atoms with van der Waals surface area (Å²) in [7, 11) is 0. The van der Waals surface area contributed by atoms with Crippen LogP contribution in [0.4, 0.5) is 22.7 Å². The molecule has 0 fully saturated rings. The molecule has 0 aliphatic heterocycles. The van der Waals surface area contributed by atoms with Crippen LogP contribution in [-0.2, 0) is 0 Å². The third kappa shape index (κ3) is 4.42. The van der Waals surface area contributed by atoms with Crippen molar-refractivity contribution in [3.8, 4) is 12.8 Å². The predicted octanol–water partition coefficient (Wildman–Crippen LogP) is 4.36. The number of rotatable bonds is 6. The summed E-state index contributed by atoms with van der Waals surface area (Å²) in [4.78, 5) is 0. The molecule has 0 saturated heterocycles. The lowest BCUT2D eigenvalue weighted by Crippen LogP contribution is -2.05. The number of anilines is 4. The molecule has 0 saturated carbocycles. The van der Waals surface area contributed by atoms with E-state index in [1.165, 1.54) is 0 Å². The van der Waals surface area contributed by atoms with E-state index >= 15 is 0 Å². The minimum atomic E-state index is -0.0101. The molecule has 0 heterocycles. The second-order valence-corrected chi connectivity index (χ2v) is 4.59. The maximum atomic E-state index is 9.36. The molecule has 0 aliphatic carbocycles. The number of nitrogens with two attached hydrogens (primary N) is 1. The van der Waals surface area contributed by atoms with Crippen LogP contribution < -0.4 is 16.1 Å². The average Bonchev–Trinajstić information content (AvgIpc) is 2.61. The van der Waals surface area contributed by atoms with Crippen molar-refractivity contribution < 1.29 is 5.11 Å². The Balaban J connectivity index is 0.00000139. The van der Waals surface area contributed by atoms with Crippen molar-refractivity contribution in [1.29, 1.82) is 0 Å². The molecule has 2 aromatic rings. The van der Waals surface area contributed by atoms with Gasteiger partial charge in [-0.25, -0.2) is 5.01 Å². The molecular weight excluding hydrogens is 300 g/mol. The number of nitrogen functional groups attached to an aromatic ring is 1. The van der Waals surface area contributed by atoms with Crippen LogP contribution in [0.15, 0.2) is 66.9 Å². The van der Waals surface area contributed by atoms with Crippen LogP contribution in [0, 0.1) is 12.8 Å². The molecule has 0 bridgehead atoms. The minimum Gasteiger partial charge on any atom is -0.508 e. The van der Waals surface area contributed by atoms with E-state index in [1.54, 1.807) is 29.4 Å². The van der Waals surface area contributed by atoms with Crippen LogP contribution in [0.5, 0.6) is 0 Å². The largest absolute Gasteiger partial charge is 0.508 e. The van der Waals surface area contributed by atoms with Gasteiger partial charge >= 0.3 is 0 Å². The monoisotopic (exact) mass is 320 g/mol. The average molecular weight is 320 g/mol. The van der Waals surface area contributed by atoms with Crippen molar-refractivity contribution in [1.82, 2.24) is 0 Å². The quantitative estimate of drug-likeness (QED) is 0.243. The standard InChI is InChI=1S/C17H18N4O.C2H2/c1-4-21(19-3)15-8-6-14(7-9-15)20-17-10-5-13(12(2)22)11-16(17)18;1-2/h4-11,20,22H,1-3,18H2;1-2H. The van der Waals surface area contributed by atoms with Crippen molar-refractivity contribution in [2.75, 3.05) is 16.1 Å². The highest BCUT2D eigenvalue weighted by Crippen LogP contribution is 2.27. The Hall–Kier alpha value is -3.65. The second-order valence-electron chi connectivity index (χ2n) is 4.59. The number of benzene rings is 2. The number of nitrogens with zero attached hydrogens (tertiary/aromatic N) is 2. The summed E-state index contributed by atoms with van der Waals surface area (Å²) in [5, 5.41) is 18.0. The van der Waals surface area contributed by atoms with Gasteiger partial charge in [0.2, 0.25) is 0 Å². The number of nitrogens with one attached hydrogen (secondary N) is 1. The first kappa shape index (κ1) is 18.4. The fraction of sp³-hybridized carbons (Fsp3) is 0. The molecule has 0 radical (unpaired) electrons. The number of aliphatic hydroxyl groups is 1. The summed E-state index contributed by atoms with van der Waals surface area (Å²) in [6, 6.07) is 12.8. The second kappa shape index (κ2) is 8.71. The van der Waals surface area contributed by atoms with E-state index in [1.807, 2.05) is 24.3 Å². The number of aliphatic hydroxyl groups excluding tert-OH is 1. The van der Waals surface area contributed by atoms with Crippen molar-refractivity contribution >= 4 is 35.2 Å². The van der Waals surface area contributed by atoms with Crippen LogP contribution in [0.2, 0.25) is 0 Å². The van der Waals surface area contributed by atoms with Crippen molar-refractivity contribution in [3.63, 3.8) is 0 Å². The first-order valence-electron chi connectivity index (χ1n) is 6.91. The first-order valence-corrected chi connectivity index (χ1v) is 6.91. The van der Waals surface area contributed by atoms with E-state index in [0.717, 1.165) is 17.1 Å². The zero-order valence-corrected chi connectivity index (χ0v) is 13.3. The van der Waals surface area contributed by atoms with Crippen LogP contribution in [-0.4, -0.2) is 11.8 Å². The molecule has 5 nitrogen and oxygen atoms in total. The van der Waals surface area contributed by atoms with E-state index < -0.39 is 0 Å². The molecule has 0 spiro atoms. The van der Waals surface area contributed by atoms with Gasteiger partial charge < -0.3 is 16.2 Å². The Labute approximate surface area is 142 Å². The van der Waals surface area contributed by atoms with Gasteiger partial charge in [-0.05, 0) is 42.5 Å². The molecule has 0 atom stereocenters. The Bertz CT molecular complexity index is 740. The SMILES string of the molecule is C#C.C=CN(N=C)c1ccc(Nc2ccc(C(=C)O)cc2N)cc1. The highest BCUT2D eigenvalue weighted by Gasteiger charge is 2.04. The predicted molar refractivity (Wildman–Crippen MR) is 104 cm³/mol. The smallest absolute Gasteiger partial charge is 0.115 e. The lowest BCUT2D eigenvalue weighted by atomic mass is 10.1. The Morgan fingerprint density at radius 3 is 2.29 bits per heavy atom. The van der Waals surface area contributed by atoms with Crippen molar-refractivity contribution in [2.24, 2.45) is 5.10 Å². The molecule has 2 aromatic carbocycles. The number of hydrogen-bond acceptors (Lipinski definition) is 5. The topological polar surface area (TPSA) is 73.9 Å². The molecule has 122 valence electrons. The molecule has 4 N–H and O–H groups in total. The third-order valence-corrected chi connectivity index (χ3v) is 3.12.